The van der Waals surface area contributed by atoms with Gasteiger partial charge in [0.25, 0.3) is 0 Å². The topological polar surface area (TPSA) is 84.2 Å². The van der Waals surface area contributed by atoms with E-state index >= 15 is 0 Å². The monoisotopic (exact) mass is 507 g/mol. The zero-order chi connectivity index (χ0) is 27.2. The molecule has 4 fully saturated rings. The number of esters is 1. The van der Waals surface area contributed by atoms with Gasteiger partial charge in [0.15, 0.2) is 5.78 Å². The van der Waals surface area contributed by atoms with Crippen molar-refractivity contribution in [2.24, 2.45) is 56.7 Å². The molecule has 0 heterocycles. The lowest BCUT2D eigenvalue weighted by Gasteiger charge is -2.71. The van der Waals surface area contributed by atoms with Crippen LogP contribution >= 0.6 is 0 Å². The summed E-state index contributed by atoms with van der Waals surface area (Å²) < 4.78 is 5.70. The number of hydrogen-bond acceptors (Lipinski definition) is 5. The fraction of sp³-hybridized carbons (Fsp3) is 0.812. The molecule has 0 spiro atoms. The number of carbonyl (C=O) groups is 3. The van der Waals surface area contributed by atoms with Crippen molar-refractivity contribution in [2.75, 3.05) is 6.61 Å². The summed E-state index contributed by atoms with van der Waals surface area (Å²) in [6, 6.07) is 2.19. The molecule has 0 aromatic carbocycles. The molecule has 2 unspecified atom stereocenters. The second-order valence-electron chi connectivity index (χ2n) is 15.0. The molecule has 37 heavy (non-hydrogen) atoms. The Bertz CT molecular complexity index is 1110. The minimum Gasteiger partial charge on any atom is -0.465 e. The maximum absolute atomic E-state index is 14.4. The Morgan fingerprint density at radius 3 is 2.35 bits per heavy atom. The average molecular weight is 508 g/mol. The van der Waals surface area contributed by atoms with Crippen molar-refractivity contribution in [3.8, 4) is 6.07 Å². The van der Waals surface area contributed by atoms with Gasteiger partial charge < -0.3 is 4.74 Å². The van der Waals surface area contributed by atoms with Gasteiger partial charge in [0.05, 0.1) is 12.2 Å². The Hall–Kier alpha value is -1.96. The molecule has 9 atom stereocenters. The summed E-state index contributed by atoms with van der Waals surface area (Å²) in [5, 5.41) is 9.79. The smallest absolute Gasteiger partial charge is 0.302 e. The number of rotatable bonds is 2. The third-order valence-corrected chi connectivity index (χ3v) is 12.9. The molecule has 202 valence electrons. The van der Waals surface area contributed by atoms with Gasteiger partial charge in [0.1, 0.15) is 11.9 Å². The van der Waals surface area contributed by atoms with Gasteiger partial charge in [0, 0.05) is 30.6 Å². The van der Waals surface area contributed by atoms with Crippen molar-refractivity contribution in [3.05, 3.63) is 11.6 Å². The Balaban J connectivity index is 1.60. The first-order valence-electron chi connectivity index (χ1n) is 14.5. The standard InChI is InChI=1S/C32H45NO4/c1-19-22-8-9-30(6)25(29(22,5)15-21(17-33)27(19)36)14-24(35)26-23-16-28(3,4)10-12-32(23,18-37-20(2)34)13-11-31(26,30)7/h15,19,22-23,25-26H,8-14,16,18H2,1-7H3/t19-,22-,23?,25+,26?,29-,30+,31+,32+/m0/s1. The van der Waals surface area contributed by atoms with Crippen LogP contribution < -0.4 is 0 Å². The maximum atomic E-state index is 14.4. The van der Waals surface area contributed by atoms with Gasteiger partial charge in [-0.15, -0.1) is 0 Å². The summed E-state index contributed by atoms with van der Waals surface area (Å²) in [7, 11) is 0. The fourth-order valence-electron chi connectivity index (χ4n) is 10.5. The van der Waals surface area contributed by atoms with Gasteiger partial charge in [-0.2, -0.15) is 5.26 Å². The second-order valence-corrected chi connectivity index (χ2v) is 15.0. The molecular formula is C32H45NO4. The second kappa shape index (κ2) is 8.27. The van der Waals surface area contributed by atoms with E-state index in [0.29, 0.717) is 18.8 Å². The molecule has 5 nitrogen and oxygen atoms in total. The normalized spacial score (nSPS) is 48.4. The number of Topliss-reactive ketones (excluding diaryl/α,β-unsaturated/α-hetero) is 2. The summed E-state index contributed by atoms with van der Waals surface area (Å²) in [6.07, 6.45) is 9.48. The lowest BCUT2D eigenvalue weighted by molar-refractivity contribution is -0.224. The number of carbonyl (C=O) groups excluding carboxylic acids is 3. The Kier molecular flexibility index (Phi) is 5.95. The van der Waals surface area contributed by atoms with Gasteiger partial charge in [-0.1, -0.05) is 47.6 Å². The predicted octanol–water partition coefficient (Wildman–Crippen LogP) is 6.46. The van der Waals surface area contributed by atoms with E-state index in [4.69, 9.17) is 4.74 Å². The lowest BCUT2D eigenvalue weighted by atomic mass is 9.32. The van der Waals surface area contributed by atoms with Crippen molar-refractivity contribution in [2.45, 2.75) is 99.8 Å². The lowest BCUT2D eigenvalue weighted by Crippen LogP contribution is -2.68. The van der Waals surface area contributed by atoms with Crippen LogP contribution in [0.1, 0.15) is 99.8 Å². The first-order valence-corrected chi connectivity index (χ1v) is 14.5. The van der Waals surface area contributed by atoms with Crippen molar-refractivity contribution in [1.82, 2.24) is 0 Å². The van der Waals surface area contributed by atoms with Crippen molar-refractivity contribution >= 4 is 17.5 Å². The highest BCUT2D eigenvalue weighted by molar-refractivity contribution is 6.01. The number of ketones is 2. The van der Waals surface area contributed by atoms with E-state index in [-0.39, 0.29) is 74.0 Å². The van der Waals surface area contributed by atoms with Gasteiger partial charge in [-0.05, 0) is 84.4 Å². The first kappa shape index (κ1) is 26.6. The fourth-order valence-corrected chi connectivity index (χ4v) is 10.5. The summed E-state index contributed by atoms with van der Waals surface area (Å²) >= 11 is 0. The van der Waals surface area contributed by atoms with Gasteiger partial charge in [0.2, 0.25) is 0 Å². The van der Waals surface area contributed by atoms with E-state index in [1.54, 1.807) is 0 Å². The number of ether oxygens (including phenoxy) is 1. The van der Waals surface area contributed by atoms with Crippen LogP contribution in [0.3, 0.4) is 0 Å². The third kappa shape index (κ3) is 3.56. The van der Waals surface area contributed by atoms with Crippen LogP contribution in [0.5, 0.6) is 0 Å². The van der Waals surface area contributed by atoms with E-state index in [2.05, 4.69) is 40.7 Å². The van der Waals surface area contributed by atoms with Crippen LogP contribution in [0, 0.1) is 68.0 Å². The molecule has 0 radical (unpaired) electrons. The van der Waals surface area contributed by atoms with Crippen LogP contribution in [0.25, 0.3) is 0 Å². The highest BCUT2D eigenvalue weighted by Gasteiger charge is 2.71. The molecule has 5 aliphatic rings. The van der Waals surface area contributed by atoms with Crippen LogP contribution in [0.15, 0.2) is 11.6 Å². The van der Waals surface area contributed by atoms with E-state index < -0.39 is 0 Å². The van der Waals surface area contributed by atoms with E-state index in [1.165, 1.54) is 6.92 Å². The minimum absolute atomic E-state index is 0.0304. The molecule has 0 amide bonds. The van der Waals surface area contributed by atoms with E-state index in [9.17, 15) is 19.6 Å². The van der Waals surface area contributed by atoms with E-state index in [1.807, 2.05) is 13.0 Å². The van der Waals surface area contributed by atoms with Gasteiger partial charge >= 0.3 is 5.97 Å². The summed E-state index contributed by atoms with van der Waals surface area (Å²) in [5.41, 5.74) is -0.243. The van der Waals surface area contributed by atoms with Crippen LogP contribution in [-0.4, -0.2) is 24.1 Å². The number of fused-ring (bicyclic) bond motifs is 7. The number of hydrogen-bond donors (Lipinski definition) is 0. The Morgan fingerprint density at radius 1 is 1.03 bits per heavy atom. The largest absolute Gasteiger partial charge is 0.465 e. The highest BCUT2D eigenvalue weighted by atomic mass is 16.5. The summed E-state index contributed by atoms with van der Waals surface area (Å²) in [4.78, 5) is 39.2. The molecule has 0 aliphatic heterocycles. The molecule has 5 aliphatic carbocycles. The highest BCUT2D eigenvalue weighted by Crippen LogP contribution is 2.75. The zero-order valence-electron chi connectivity index (χ0n) is 23.9. The van der Waals surface area contributed by atoms with E-state index in [0.717, 1.165) is 44.9 Å². The molecule has 0 bridgehead atoms. The molecule has 0 aromatic heterocycles. The SMILES string of the molecule is CC(=O)OC[C@]12CCC(C)(C)CC1C1C(=O)C[C@@H]3[C@@]4(C)C=C(C#N)C(=O)[C@@H](C)[C@@H]4CC[C@@]3(C)[C@]1(C)CC2. The third-order valence-electron chi connectivity index (χ3n) is 12.9. The number of nitrogens with zero attached hydrogens (tertiary/aromatic N) is 1. The molecule has 0 aromatic rings. The molecule has 5 heteroatoms. The summed E-state index contributed by atoms with van der Waals surface area (Å²) in [6.45, 7) is 15.6. The zero-order valence-corrected chi connectivity index (χ0v) is 23.9. The minimum atomic E-state index is -0.340. The molecule has 4 saturated carbocycles. The molecule has 5 rings (SSSR count). The molecule has 0 saturated heterocycles. The Labute approximate surface area is 222 Å². The van der Waals surface area contributed by atoms with Crippen LogP contribution in [0.2, 0.25) is 0 Å². The van der Waals surface area contributed by atoms with Gasteiger partial charge in [-0.25, -0.2) is 0 Å². The van der Waals surface area contributed by atoms with Crippen molar-refractivity contribution in [1.29, 1.82) is 5.26 Å². The van der Waals surface area contributed by atoms with Crippen molar-refractivity contribution < 1.29 is 19.1 Å². The number of nitriles is 1. The average Bonchev–Trinajstić information content (AvgIpc) is 2.82. The number of allylic oxidation sites excluding steroid dienone is 2. The first-order chi connectivity index (χ1) is 17.1. The van der Waals surface area contributed by atoms with Crippen LogP contribution in [0.4, 0.5) is 0 Å². The maximum Gasteiger partial charge on any atom is 0.302 e. The molecular weight excluding hydrogens is 462 g/mol. The van der Waals surface area contributed by atoms with Crippen LogP contribution in [-0.2, 0) is 19.1 Å². The Morgan fingerprint density at radius 2 is 1.70 bits per heavy atom. The summed E-state index contributed by atoms with van der Waals surface area (Å²) in [5.74, 6) is 0.363. The predicted molar refractivity (Wildman–Crippen MR) is 141 cm³/mol. The van der Waals surface area contributed by atoms with Crippen molar-refractivity contribution in [3.63, 3.8) is 0 Å². The van der Waals surface area contributed by atoms with Gasteiger partial charge in [-0.3, -0.25) is 14.4 Å². The molecule has 0 N–H and O–H groups in total. The quantitative estimate of drug-likeness (QED) is 0.401.